The maximum absolute atomic E-state index is 11.1. The number of amides is 1. The Morgan fingerprint density at radius 2 is 2.07 bits per heavy atom. The number of ketones is 1. The Morgan fingerprint density at radius 1 is 1.50 bits per heavy atom. The van der Waals surface area contributed by atoms with E-state index >= 15 is 0 Å². The Balaban J connectivity index is 2.44. The first-order chi connectivity index (χ1) is 6.63. The lowest BCUT2D eigenvalue weighted by molar-refractivity contribution is -0.121. The molecule has 1 rings (SSSR count). The molecule has 1 unspecified atom stereocenters. The minimum absolute atomic E-state index is 0.0359. The number of carbonyl (C=O) groups excluding carboxylic acids is 2. The fourth-order valence-electron chi connectivity index (χ4n) is 2.18. The molecule has 3 heteroatoms. The van der Waals surface area contributed by atoms with Gasteiger partial charge in [0.2, 0.25) is 5.91 Å². The predicted octanol–water partition coefficient (Wildman–Crippen LogP) is 1.66. The lowest BCUT2D eigenvalue weighted by Crippen LogP contribution is -2.40. The maximum atomic E-state index is 11.1. The molecule has 1 saturated carbocycles. The van der Waals surface area contributed by atoms with E-state index in [1.807, 2.05) is 0 Å². The van der Waals surface area contributed by atoms with Crippen molar-refractivity contribution in [1.29, 1.82) is 0 Å². The Labute approximate surface area is 85.3 Å². The second-order valence-corrected chi connectivity index (χ2v) is 4.09. The quantitative estimate of drug-likeness (QED) is 0.748. The summed E-state index contributed by atoms with van der Waals surface area (Å²) in [5, 5.41) is 2.96. The zero-order chi connectivity index (χ0) is 10.6. The molecule has 3 nitrogen and oxygen atoms in total. The van der Waals surface area contributed by atoms with Crippen molar-refractivity contribution in [3.63, 3.8) is 0 Å². The number of rotatable bonds is 3. The number of carbonyl (C=O) groups is 2. The van der Waals surface area contributed by atoms with Crippen LogP contribution in [0, 0.1) is 5.92 Å². The monoisotopic (exact) mass is 197 g/mol. The highest BCUT2D eigenvalue weighted by Crippen LogP contribution is 2.25. The van der Waals surface area contributed by atoms with E-state index in [4.69, 9.17) is 0 Å². The highest BCUT2D eigenvalue weighted by atomic mass is 16.1. The zero-order valence-corrected chi connectivity index (χ0v) is 9.01. The third-order valence-corrected chi connectivity index (χ3v) is 2.99. The second kappa shape index (κ2) is 5.13. The molecular formula is C11H19NO2. The van der Waals surface area contributed by atoms with E-state index < -0.39 is 0 Å². The van der Waals surface area contributed by atoms with Gasteiger partial charge in [0, 0.05) is 25.8 Å². The van der Waals surface area contributed by atoms with E-state index in [9.17, 15) is 9.59 Å². The van der Waals surface area contributed by atoms with Gasteiger partial charge in [0.25, 0.3) is 0 Å². The first kappa shape index (κ1) is 11.2. The van der Waals surface area contributed by atoms with Crippen LogP contribution in [0.3, 0.4) is 0 Å². The molecule has 14 heavy (non-hydrogen) atoms. The van der Waals surface area contributed by atoms with E-state index in [2.05, 4.69) is 12.2 Å². The van der Waals surface area contributed by atoms with Crippen molar-refractivity contribution in [2.24, 2.45) is 5.92 Å². The fraction of sp³-hybridized carbons (Fsp3) is 0.818. The van der Waals surface area contributed by atoms with E-state index in [0.29, 0.717) is 24.5 Å². The summed E-state index contributed by atoms with van der Waals surface area (Å²) in [7, 11) is 0. The molecule has 1 amide bonds. The summed E-state index contributed by atoms with van der Waals surface area (Å²) in [6.45, 7) is 3.63. The number of Topliss-reactive ketones (excluding diaryl/α,β-unsaturated/α-hetero) is 1. The minimum atomic E-state index is 0.0359. The van der Waals surface area contributed by atoms with Gasteiger partial charge in [0.1, 0.15) is 5.78 Å². The molecule has 0 saturated heterocycles. The summed E-state index contributed by atoms with van der Waals surface area (Å²) in [4.78, 5) is 22.0. The Hall–Kier alpha value is -0.860. The molecule has 0 heterocycles. The summed E-state index contributed by atoms with van der Waals surface area (Å²) in [5.41, 5.74) is 0. The van der Waals surface area contributed by atoms with Crippen LogP contribution < -0.4 is 5.32 Å². The molecule has 1 aliphatic carbocycles. The van der Waals surface area contributed by atoms with Gasteiger partial charge in [-0.3, -0.25) is 9.59 Å². The normalized spacial score (nSPS) is 20.6. The molecule has 0 aromatic rings. The summed E-state index contributed by atoms with van der Waals surface area (Å²) >= 11 is 0. The van der Waals surface area contributed by atoms with Crippen LogP contribution in [0.4, 0.5) is 0 Å². The van der Waals surface area contributed by atoms with Crippen molar-refractivity contribution in [2.45, 2.75) is 52.0 Å². The lowest BCUT2D eigenvalue weighted by Gasteiger charge is -2.29. The van der Waals surface area contributed by atoms with Crippen LogP contribution >= 0.6 is 0 Å². The number of hydrogen-bond donors (Lipinski definition) is 1. The molecule has 1 aliphatic rings. The van der Waals surface area contributed by atoms with Gasteiger partial charge in [0.05, 0.1) is 0 Å². The Morgan fingerprint density at radius 3 is 2.50 bits per heavy atom. The van der Waals surface area contributed by atoms with Crippen molar-refractivity contribution in [3.05, 3.63) is 0 Å². The summed E-state index contributed by atoms with van der Waals surface area (Å²) < 4.78 is 0. The average Bonchev–Trinajstić information content (AvgIpc) is 2.15. The van der Waals surface area contributed by atoms with Gasteiger partial charge in [-0.05, 0) is 25.2 Å². The molecule has 0 radical (unpaired) electrons. The molecule has 0 aromatic carbocycles. The molecule has 1 N–H and O–H groups in total. The molecule has 1 atom stereocenters. The van der Waals surface area contributed by atoms with E-state index in [-0.39, 0.29) is 11.9 Å². The highest BCUT2D eigenvalue weighted by Gasteiger charge is 2.25. The van der Waals surface area contributed by atoms with Crippen LogP contribution in [0.5, 0.6) is 0 Å². The van der Waals surface area contributed by atoms with Gasteiger partial charge < -0.3 is 5.32 Å². The zero-order valence-electron chi connectivity index (χ0n) is 9.01. The molecule has 1 fully saturated rings. The van der Waals surface area contributed by atoms with E-state index in [0.717, 1.165) is 19.3 Å². The van der Waals surface area contributed by atoms with Crippen molar-refractivity contribution in [3.8, 4) is 0 Å². The number of hydrogen-bond acceptors (Lipinski definition) is 2. The lowest BCUT2D eigenvalue weighted by atomic mass is 9.82. The molecule has 80 valence electrons. The molecule has 0 spiro atoms. The van der Waals surface area contributed by atoms with Gasteiger partial charge in [-0.15, -0.1) is 0 Å². The summed E-state index contributed by atoms with van der Waals surface area (Å²) in [5.74, 6) is 0.911. The number of nitrogens with one attached hydrogen (secondary N) is 1. The van der Waals surface area contributed by atoms with Crippen molar-refractivity contribution < 1.29 is 9.59 Å². The smallest absolute Gasteiger partial charge is 0.217 e. The summed E-state index contributed by atoms with van der Waals surface area (Å²) in [6.07, 6.45) is 4.23. The second-order valence-electron chi connectivity index (χ2n) is 4.09. The molecule has 0 aromatic heterocycles. The van der Waals surface area contributed by atoms with Crippen LogP contribution in [0.1, 0.15) is 46.0 Å². The minimum Gasteiger partial charge on any atom is -0.353 e. The van der Waals surface area contributed by atoms with Crippen LogP contribution in [0.15, 0.2) is 0 Å². The van der Waals surface area contributed by atoms with Crippen molar-refractivity contribution in [2.75, 3.05) is 0 Å². The van der Waals surface area contributed by atoms with Gasteiger partial charge >= 0.3 is 0 Å². The van der Waals surface area contributed by atoms with Gasteiger partial charge in [-0.2, -0.15) is 0 Å². The standard InChI is InChI=1S/C11H19NO2/c1-3-11(12-8(2)13)9-4-6-10(14)7-5-9/h9,11H,3-7H2,1-2H3,(H,12,13). The maximum Gasteiger partial charge on any atom is 0.217 e. The molecular weight excluding hydrogens is 178 g/mol. The third kappa shape index (κ3) is 3.13. The van der Waals surface area contributed by atoms with E-state index in [1.165, 1.54) is 0 Å². The first-order valence-corrected chi connectivity index (χ1v) is 5.42. The molecule has 0 bridgehead atoms. The third-order valence-electron chi connectivity index (χ3n) is 2.99. The van der Waals surface area contributed by atoms with Crippen LogP contribution in [-0.4, -0.2) is 17.7 Å². The molecule has 0 aliphatic heterocycles. The average molecular weight is 197 g/mol. The summed E-state index contributed by atoms with van der Waals surface area (Å²) in [6, 6.07) is 0.264. The Kier molecular flexibility index (Phi) is 4.11. The highest BCUT2D eigenvalue weighted by molar-refractivity contribution is 5.79. The van der Waals surface area contributed by atoms with Crippen LogP contribution in [0.2, 0.25) is 0 Å². The van der Waals surface area contributed by atoms with Crippen molar-refractivity contribution >= 4 is 11.7 Å². The van der Waals surface area contributed by atoms with E-state index in [1.54, 1.807) is 6.92 Å². The first-order valence-electron chi connectivity index (χ1n) is 5.42. The van der Waals surface area contributed by atoms with Gasteiger partial charge in [-0.1, -0.05) is 6.92 Å². The SMILES string of the molecule is CCC(NC(C)=O)C1CCC(=O)CC1. The van der Waals surface area contributed by atoms with Crippen molar-refractivity contribution in [1.82, 2.24) is 5.32 Å². The van der Waals surface area contributed by atoms with Gasteiger partial charge in [0.15, 0.2) is 0 Å². The van der Waals surface area contributed by atoms with Crippen LogP contribution in [-0.2, 0) is 9.59 Å². The fourth-order valence-corrected chi connectivity index (χ4v) is 2.18. The topological polar surface area (TPSA) is 46.2 Å². The Bertz CT molecular complexity index is 215. The van der Waals surface area contributed by atoms with Gasteiger partial charge in [-0.25, -0.2) is 0 Å². The van der Waals surface area contributed by atoms with Crippen LogP contribution in [0.25, 0.3) is 0 Å². The predicted molar refractivity (Wildman–Crippen MR) is 54.9 cm³/mol. The largest absolute Gasteiger partial charge is 0.353 e.